The molecule has 0 aliphatic rings. The number of rotatable bonds is 5. The summed E-state index contributed by atoms with van der Waals surface area (Å²) in [4.78, 5) is 15.8. The van der Waals surface area contributed by atoms with Crippen LogP contribution in [-0.2, 0) is 13.1 Å². The van der Waals surface area contributed by atoms with E-state index in [2.05, 4.69) is 10.3 Å². The molecule has 0 unspecified atom stereocenters. The fraction of sp³-hybridized carbons (Fsp3) is 0.125. The summed E-state index contributed by atoms with van der Waals surface area (Å²) in [7, 11) is 0. The van der Waals surface area contributed by atoms with Crippen molar-refractivity contribution >= 4 is 39.9 Å². The van der Waals surface area contributed by atoms with Gasteiger partial charge in [0.05, 0.1) is 16.6 Å². The molecule has 9 heteroatoms. The van der Waals surface area contributed by atoms with Crippen LogP contribution >= 0.6 is 34.7 Å². The maximum Gasteiger partial charge on any atom is 0.360 e. The average Bonchev–Trinajstić information content (AvgIpc) is 2.92. The van der Waals surface area contributed by atoms with E-state index in [4.69, 9.17) is 23.2 Å². The minimum absolute atomic E-state index is 0.113. The Morgan fingerprint density at radius 1 is 1.04 bits per heavy atom. The molecule has 0 aliphatic carbocycles. The summed E-state index contributed by atoms with van der Waals surface area (Å²) in [5, 5.41) is 4.35. The Hall–Kier alpha value is -1.96. The van der Waals surface area contributed by atoms with Crippen molar-refractivity contribution in [2.45, 2.75) is 13.1 Å². The highest BCUT2D eigenvalue weighted by molar-refractivity contribution is 7.10. The number of anilines is 1. The van der Waals surface area contributed by atoms with Crippen LogP contribution in [-0.4, -0.2) is 8.94 Å². The van der Waals surface area contributed by atoms with E-state index >= 15 is 0 Å². The SMILES string of the molecule is O=c1nc(NCc2ccc(Cl)c(Cl)c2)sn1Cc1ccc(F)c(F)c1. The Kier molecular flexibility index (Phi) is 5.36. The van der Waals surface area contributed by atoms with E-state index < -0.39 is 17.3 Å². The molecule has 3 rings (SSSR count). The van der Waals surface area contributed by atoms with Crippen molar-refractivity contribution in [2.75, 3.05) is 5.32 Å². The van der Waals surface area contributed by atoms with Gasteiger partial charge in [-0.05, 0) is 46.9 Å². The standard InChI is InChI=1S/C16H11Cl2F2N3OS/c17-11-3-1-9(5-12(11)18)7-21-15-22-16(24)23(25-15)8-10-2-4-13(19)14(20)6-10/h1-6H,7-8H2,(H,21,22,24). The summed E-state index contributed by atoms with van der Waals surface area (Å²) in [6.07, 6.45) is 0. The molecule has 0 fully saturated rings. The fourth-order valence-electron chi connectivity index (χ4n) is 2.11. The number of aromatic nitrogens is 2. The molecule has 1 N–H and O–H groups in total. The first kappa shape index (κ1) is 17.8. The van der Waals surface area contributed by atoms with Gasteiger partial charge in [0.25, 0.3) is 0 Å². The second kappa shape index (κ2) is 7.51. The lowest BCUT2D eigenvalue weighted by Gasteiger charge is -2.04. The predicted molar refractivity (Wildman–Crippen MR) is 95.6 cm³/mol. The van der Waals surface area contributed by atoms with E-state index in [0.29, 0.717) is 27.3 Å². The Morgan fingerprint density at radius 2 is 1.80 bits per heavy atom. The van der Waals surface area contributed by atoms with Crippen molar-refractivity contribution in [1.82, 2.24) is 8.94 Å². The van der Waals surface area contributed by atoms with Gasteiger partial charge in [-0.1, -0.05) is 35.3 Å². The zero-order chi connectivity index (χ0) is 18.0. The van der Waals surface area contributed by atoms with Crippen molar-refractivity contribution in [3.05, 3.63) is 79.7 Å². The normalized spacial score (nSPS) is 10.9. The van der Waals surface area contributed by atoms with Gasteiger partial charge in [0.15, 0.2) is 11.6 Å². The van der Waals surface area contributed by atoms with Crippen LogP contribution in [0.15, 0.2) is 41.2 Å². The molecule has 25 heavy (non-hydrogen) atoms. The molecule has 1 aromatic heterocycles. The topological polar surface area (TPSA) is 46.9 Å². The van der Waals surface area contributed by atoms with Crippen molar-refractivity contribution in [3.8, 4) is 0 Å². The highest BCUT2D eigenvalue weighted by atomic mass is 35.5. The van der Waals surface area contributed by atoms with E-state index in [-0.39, 0.29) is 6.54 Å². The fourth-order valence-corrected chi connectivity index (χ4v) is 3.23. The zero-order valence-corrected chi connectivity index (χ0v) is 14.9. The van der Waals surface area contributed by atoms with E-state index in [0.717, 1.165) is 29.2 Å². The first-order valence-electron chi connectivity index (χ1n) is 7.12. The molecule has 0 saturated carbocycles. The van der Waals surface area contributed by atoms with Crippen LogP contribution in [0.25, 0.3) is 0 Å². The molecule has 4 nitrogen and oxygen atoms in total. The van der Waals surface area contributed by atoms with Gasteiger partial charge < -0.3 is 5.32 Å². The summed E-state index contributed by atoms with van der Waals surface area (Å²) in [5.74, 6) is -1.88. The first-order chi connectivity index (χ1) is 11.9. The number of halogens is 4. The van der Waals surface area contributed by atoms with E-state index in [9.17, 15) is 13.6 Å². The molecular formula is C16H11Cl2F2N3OS. The van der Waals surface area contributed by atoms with E-state index in [1.807, 2.05) is 6.07 Å². The highest BCUT2D eigenvalue weighted by Crippen LogP contribution is 2.23. The number of hydrogen-bond donors (Lipinski definition) is 1. The number of nitrogens with zero attached hydrogens (tertiary/aromatic N) is 2. The monoisotopic (exact) mass is 401 g/mol. The van der Waals surface area contributed by atoms with Gasteiger partial charge in [0.1, 0.15) is 0 Å². The zero-order valence-electron chi connectivity index (χ0n) is 12.6. The van der Waals surface area contributed by atoms with Crippen LogP contribution in [0.1, 0.15) is 11.1 Å². The largest absolute Gasteiger partial charge is 0.360 e. The second-order valence-electron chi connectivity index (χ2n) is 5.18. The van der Waals surface area contributed by atoms with Gasteiger partial charge in [-0.15, -0.1) is 0 Å². The molecule has 0 spiro atoms. The van der Waals surface area contributed by atoms with Crippen molar-refractivity contribution < 1.29 is 8.78 Å². The molecule has 2 aromatic carbocycles. The molecule has 0 bridgehead atoms. The molecular weight excluding hydrogens is 391 g/mol. The van der Waals surface area contributed by atoms with Crippen LogP contribution in [0, 0.1) is 11.6 Å². The van der Waals surface area contributed by atoms with E-state index in [1.54, 1.807) is 12.1 Å². The first-order valence-corrected chi connectivity index (χ1v) is 8.65. The quantitative estimate of drug-likeness (QED) is 0.681. The van der Waals surface area contributed by atoms with Crippen LogP contribution in [0.2, 0.25) is 10.0 Å². The molecule has 0 saturated heterocycles. The molecule has 0 aliphatic heterocycles. The van der Waals surface area contributed by atoms with E-state index in [1.165, 1.54) is 10.0 Å². The van der Waals surface area contributed by atoms with Gasteiger partial charge in [-0.2, -0.15) is 4.98 Å². The summed E-state index contributed by atoms with van der Waals surface area (Å²) in [5.41, 5.74) is 0.885. The predicted octanol–water partition coefficient (Wildman–Crippen LogP) is 4.55. The summed E-state index contributed by atoms with van der Waals surface area (Å²) in [6, 6.07) is 8.73. The maximum atomic E-state index is 13.3. The molecule has 0 amide bonds. The maximum absolute atomic E-state index is 13.3. The van der Waals surface area contributed by atoms with Gasteiger partial charge in [-0.25, -0.2) is 17.5 Å². The smallest absolute Gasteiger partial charge is 0.356 e. The highest BCUT2D eigenvalue weighted by Gasteiger charge is 2.09. The molecule has 0 atom stereocenters. The van der Waals surface area contributed by atoms with Gasteiger partial charge in [0, 0.05) is 6.54 Å². The summed E-state index contributed by atoms with van der Waals surface area (Å²) >= 11 is 12.9. The van der Waals surface area contributed by atoms with Crippen LogP contribution in [0.4, 0.5) is 13.9 Å². The van der Waals surface area contributed by atoms with Crippen molar-refractivity contribution in [1.29, 1.82) is 0 Å². The Balaban J connectivity index is 1.70. The Labute approximate surface area is 155 Å². The molecule has 0 radical (unpaired) electrons. The van der Waals surface area contributed by atoms with Crippen LogP contribution < -0.4 is 11.0 Å². The Morgan fingerprint density at radius 3 is 2.52 bits per heavy atom. The average molecular weight is 402 g/mol. The second-order valence-corrected chi connectivity index (χ2v) is 7.00. The molecule has 1 heterocycles. The minimum Gasteiger partial charge on any atom is -0.356 e. The third kappa shape index (κ3) is 4.36. The number of nitrogens with one attached hydrogen (secondary N) is 1. The lowest BCUT2D eigenvalue weighted by molar-refractivity contribution is 0.506. The van der Waals surface area contributed by atoms with Gasteiger partial charge >= 0.3 is 5.69 Å². The molecule has 3 aromatic rings. The van der Waals surface area contributed by atoms with Gasteiger partial charge in [0.2, 0.25) is 5.13 Å². The van der Waals surface area contributed by atoms with Crippen LogP contribution in [0.5, 0.6) is 0 Å². The third-order valence-electron chi connectivity index (χ3n) is 3.35. The van der Waals surface area contributed by atoms with Crippen LogP contribution in [0.3, 0.4) is 0 Å². The lowest BCUT2D eigenvalue weighted by Crippen LogP contribution is -2.16. The number of hydrogen-bond acceptors (Lipinski definition) is 4. The third-order valence-corrected chi connectivity index (χ3v) is 5.00. The summed E-state index contributed by atoms with van der Waals surface area (Å²) < 4.78 is 27.6. The summed E-state index contributed by atoms with van der Waals surface area (Å²) in [6.45, 7) is 0.525. The lowest BCUT2D eigenvalue weighted by atomic mass is 10.2. The van der Waals surface area contributed by atoms with Crippen molar-refractivity contribution in [3.63, 3.8) is 0 Å². The minimum atomic E-state index is -0.951. The number of benzene rings is 2. The van der Waals surface area contributed by atoms with Gasteiger partial charge in [-0.3, -0.25) is 0 Å². The molecule has 130 valence electrons. The Bertz CT molecular complexity index is 974. The van der Waals surface area contributed by atoms with Crippen molar-refractivity contribution in [2.24, 2.45) is 0 Å².